The van der Waals surface area contributed by atoms with Crippen LogP contribution in [0.4, 0.5) is 13.2 Å². The Bertz CT molecular complexity index is 2750. The summed E-state index contributed by atoms with van der Waals surface area (Å²) in [7, 11) is 8.71. The molecule has 0 bridgehead atoms. The molecule has 2 saturated carbocycles. The van der Waals surface area contributed by atoms with E-state index in [0.717, 1.165) is 79.7 Å². The molecule has 11 amide bonds. The monoisotopic (exact) mass is 1320 g/mol. The summed E-state index contributed by atoms with van der Waals surface area (Å²) in [5, 5.41) is 10.9. The Morgan fingerprint density at radius 3 is 1.78 bits per heavy atom. The van der Waals surface area contributed by atoms with Crippen molar-refractivity contribution < 1.29 is 65.9 Å². The van der Waals surface area contributed by atoms with Crippen LogP contribution in [0, 0.1) is 23.7 Å². The first-order valence-corrected chi connectivity index (χ1v) is 33.6. The number of hydrogen-bond donors (Lipinski definition) is 4. The third kappa shape index (κ3) is 22.0. The molecule has 22 nitrogen and oxygen atoms in total. The number of hydrogen-bond acceptors (Lipinski definition) is 11. The summed E-state index contributed by atoms with van der Waals surface area (Å²) in [5.41, 5.74) is -0.710. The Morgan fingerprint density at radius 2 is 1.17 bits per heavy atom. The minimum Gasteiger partial charge on any atom is -0.354 e. The lowest BCUT2D eigenvalue weighted by atomic mass is 9.84. The zero-order valence-electron chi connectivity index (χ0n) is 56.1. The fraction of sp³-hybridized carbons (Fsp3) is 0.742. The number of halogens is 4. The van der Waals surface area contributed by atoms with Gasteiger partial charge in [-0.25, -0.2) is 0 Å². The molecule has 0 aromatic heterocycles. The van der Waals surface area contributed by atoms with Gasteiger partial charge >= 0.3 is 6.18 Å². The lowest BCUT2D eigenvalue weighted by Crippen LogP contribution is -2.57. The molecular formula is C66H103ClF3N11O11. The van der Waals surface area contributed by atoms with Crippen LogP contribution in [0.1, 0.15) is 174 Å². The molecule has 0 spiro atoms. The average Bonchev–Trinajstić information content (AvgIpc) is 1.40. The van der Waals surface area contributed by atoms with Crippen LogP contribution in [-0.4, -0.2) is 217 Å². The molecule has 4 fully saturated rings. The van der Waals surface area contributed by atoms with E-state index >= 15 is 0 Å². The molecular weight excluding hydrogens is 1220 g/mol. The number of likely N-dealkylation sites (N-methyl/N-ethyl adjacent to an activating group) is 6. The highest BCUT2D eigenvalue weighted by Gasteiger charge is 2.41. The van der Waals surface area contributed by atoms with Crippen molar-refractivity contribution in [2.45, 2.75) is 218 Å². The summed E-state index contributed by atoms with van der Waals surface area (Å²) in [6, 6.07) is -3.90. The minimum absolute atomic E-state index is 0.0263. The van der Waals surface area contributed by atoms with Gasteiger partial charge in [0.25, 0.3) is 0 Å². The number of nitrogens with one attached hydrogen (secondary N) is 4. The van der Waals surface area contributed by atoms with Crippen LogP contribution in [0.25, 0.3) is 0 Å². The van der Waals surface area contributed by atoms with Crippen LogP contribution in [0.2, 0.25) is 5.02 Å². The number of rotatable bonds is 11. The second kappa shape index (κ2) is 35.7. The van der Waals surface area contributed by atoms with Crippen LogP contribution >= 0.6 is 11.6 Å². The van der Waals surface area contributed by atoms with Crippen molar-refractivity contribution in [3.05, 3.63) is 34.3 Å². The Hall–Kier alpha value is -6.53. The molecule has 0 radical (unpaired) electrons. The van der Waals surface area contributed by atoms with Crippen LogP contribution in [0.15, 0.2) is 18.2 Å². The highest BCUT2D eigenvalue weighted by molar-refractivity contribution is 6.31. The lowest BCUT2D eigenvalue weighted by Gasteiger charge is -2.35. The summed E-state index contributed by atoms with van der Waals surface area (Å²) in [4.78, 5) is 166. The molecule has 2 heterocycles. The molecule has 516 valence electrons. The number of fused-ring (bicyclic) bond motifs is 1. The third-order valence-corrected chi connectivity index (χ3v) is 19.4. The molecule has 2 saturated heterocycles. The Labute approximate surface area is 546 Å². The van der Waals surface area contributed by atoms with E-state index in [2.05, 4.69) is 21.3 Å². The van der Waals surface area contributed by atoms with E-state index in [4.69, 9.17) is 11.6 Å². The van der Waals surface area contributed by atoms with Crippen molar-refractivity contribution in [1.82, 2.24) is 55.6 Å². The van der Waals surface area contributed by atoms with Gasteiger partial charge in [0.1, 0.15) is 36.3 Å². The van der Waals surface area contributed by atoms with E-state index in [-0.39, 0.29) is 81.7 Å². The first kappa shape index (κ1) is 76.2. The molecule has 0 unspecified atom stereocenters. The predicted octanol–water partition coefficient (Wildman–Crippen LogP) is 5.95. The van der Waals surface area contributed by atoms with Crippen LogP contribution < -0.4 is 21.3 Å². The highest BCUT2D eigenvalue weighted by atomic mass is 35.5. The quantitative estimate of drug-likeness (QED) is 0.201. The Kier molecular flexibility index (Phi) is 29.5. The maximum Gasteiger partial charge on any atom is 0.417 e. The van der Waals surface area contributed by atoms with Gasteiger partial charge in [0, 0.05) is 74.3 Å². The number of carbonyl (C=O) groups is 11. The molecule has 1 aromatic rings. The first-order chi connectivity index (χ1) is 43.3. The van der Waals surface area contributed by atoms with E-state index in [1.54, 1.807) is 20.9 Å². The van der Waals surface area contributed by atoms with Gasteiger partial charge in [-0.2, -0.15) is 13.2 Å². The second-order valence-corrected chi connectivity index (χ2v) is 27.3. The molecule has 4 N–H and O–H groups in total. The van der Waals surface area contributed by atoms with Gasteiger partial charge in [-0.1, -0.05) is 110 Å². The average molecular weight is 1320 g/mol. The SMILES string of the molecule is CC[C@H](C)[C@@H]1NC(=O)[C@H](CC(C)C)N(C)C(=O)C[C@@H](C)NC(=O)[C@H](CC2CCCC2)N(C)C(=O)CCCCNC(=O)[C@@H]2CCCN2C(=O)[C@H](CCc2ccc(C(F)(F)F)c(Cl)c2)NC(=O)CN(C)C(=O)[C@H](CC2CCCCC2)N(C)C(=O)CN(C)C(=O)CN(C)C1=O. The minimum atomic E-state index is -4.72. The number of carbonyl (C=O) groups excluding carboxylic acids is 11. The molecule has 4 aliphatic rings. The van der Waals surface area contributed by atoms with Crippen LogP contribution in [0.3, 0.4) is 0 Å². The van der Waals surface area contributed by atoms with Crippen molar-refractivity contribution in [3.63, 3.8) is 0 Å². The normalized spacial score (nSPS) is 26.1. The maximum absolute atomic E-state index is 14.7. The number of aryl methyl sites for hydroxylation is 1. The summed E-state index contributed by atoms with van der Waals surface area (Å²) in [6.45, 7) is 7.81. The predicted molar refractivity (Wildman–Crippen MR) is 342 cm³/mol. The standard InChI is InChI=1S/C66H103ClF3N11O11/c1-12-42(4)59-65(92)77(8)39-57(85)75(6)40-58(86)80(11)53(37-45-21-14-13-15-22-45)64(91)76(7)38-54(82)73-49(30-28-46-27-29-47(48(67)35-46)66(68,69)70)63(90)81-32-20-25-50(81)60(87)71-31-19-18-26-55(83)78(9)52(36-44-23-16-17-24-44)61(88)72-43(5)34-56(84)79(10)51(33-41(2)3)62(89)74-59/h27,29,35,41-45,49-53,59H,12-26,28,30-34,36-40H2,1-11H3,(H,71,87)(H,72,88)(H,73,82)(H,74,89)/t42-,43+,49-,50-,51-,52-,53-,59-/m0/s1. The fourth-order valence-corrected chi connectivity index (χ4v) is 13.4. The molecule has 5 rings (SSSR count). The number of amides is 11. The van der Waals surface area contributed by atoms with E-state index in [0.29, 0.717) is 37.7 Å². The summed E-state index contributed by atoms with van der Waals surface area (Å²) < 4.78 is 41.1. The van der Waals surface area contributed by atoms with Gasteiger partial charge in [-0.3, -0.25) is 52.7 Å². The molecule has 26 heteroatoms. The lowest BCUT2D eigenvalue weighted by molar-refractivity contribution is -0.149. The second-order valence-electron chi connectivity index (χ2n) is 26.8. The summed E-state index contributed by atoms with van der Waals surface area (Å²) >= 11 is 6.08. The van der Waals surface area contributed by atoms with Crippen molar-refractivity contribution >= 4 is 76.6 Å². The van der Waals surface area contributed by atoms with Gasteiger partial charge in [0.2, 0.25) is 65.0 Å². The fourth-order valence-electron chi connectivity index (χ4n) is 13.1. The zero-order valence-corrected chi connectivity index (χ0v) is 56.9. The van der Waals surface area contributed by atoms with Crippen molar-refractivity contribution in [3.8, 4) is 0 Å². The van der Waals surface area contributed by atoms with Crippen molar-refractivity contribution in [2.24, 2.45) is 23.7 Å². The van der Waals surface area contributed by atoms with Crippen LogP contribution in [0.5, 0.6) is 0 Å². The van der Waals surface area contributed by atoms with Gasteiger partial charge in [0.05, 0.1) is 30.2 Å². The summed E-state index contributed by atoms with van der Waals surface area (Å²) in [5.74, 6) is -6.31. The highest BCUT2D eigenvalue weighted by Crippen LogP contribution is 2.36. The van der Waals surface area contributed by atoms with Gasteiger partial charge in [-0.05, 0) is 106 Å². The maximum atomic E-state index is 14.7. The van der Waals surface area contributed by atoms with Crippen molar-refractivity contribution in [1.29, 1.82) is 0 Å². The Balaban J connectivity index is 1.45. The van der Waals surface area contributed by atoms with Crippen molar-refractivity contribution in [2.75, 3.05) is 75.0 Å². The van der Waals surface area contributed by atoms with E-state index in [1.165, 1.54) is 65.8 Å². The molecule has 2 aliphatic heterocycles. The molecule has 1 aromatic carbocycles. The van der Waals surface area contributed by atoms with Gasteiger partial charge < -0.3 is 55.6 Å². The van der Waals surface area contributed by atoms with E-state index in [1.807, 2.05) is 20.8 Å². The Morgan fingerprint density at radius 1 is 0.598 bits per heavy atom. The topological polar surface area (TPSA) is 259 Å². The first-order valence-electron chi connectivity index (χ1n) is 33.2. The molecule has 92 heavy (non-hydrogen) atoms. The van der Waals surface area contributed by atoms with E-state index in [9.17, 15) is 65.9 Å². The molecule has 2 aliphatic carbocycles. The number of alkyl halides is 3. The summed E-state index contributed by atoms with van der Waals surface area (Å²) in [6.07, 6.45) is 5.96. The largest absolute Gasteiger partial charge is 0.417 e. The van der Waals surface area contributed by atoms with Crippen LogP contribution in [-0.2, 0) is 65.3 Å². The van der Waals surface area contributed by atoms with Gasteiger partial charge in [-0.15, -0.1) is 0 Å². The zero-order chi connectivity index (χ0) is 68.3. The molecule has 8 atom stereocenters. The van der Waals surface area contributed by atoms with Gasteiger partial charge in [0.15, 0.2) is 0 Å². The number of nitrogens with zero attached hydrogens (tertiary/aromatic N) is 7. The number of benzene rings is 1. The smallest absolute Gasteiger partial charge is 0.354 e. The third-order valence-electron chi connectivity index (χ3n) is 19.1. The van der Waals surface area contributed by atoms with E-state index < -0.39 is 144 Å².